The molecule has 2 aromatic heterocycles. The van der Waals surface area contributed by atoms with E-state index in [1.807, 2.05) is 0 Å². The van der Waals surface area contributed by atoms with Gasteiger partial charge >= 0.3 is 6.18 Å². The summed E-state index contributed by atoms with van der Waals surface area (Å²) in [6.45, 7) is 0. The van der Waals surface area contributed by atoms with Crippen LogP contribution in [-0.4, -0.2) is 33.2 Å². The minimum atomic E-state index is -4.60. The molecule has 1 amide bonds. The molecule has 0 aliphatic heterocycles. The maximum atomic E-state index is 14.7. The summed E-state index contributed by atoms with van der Waals surface area (Å²) >= 11 is 6.08. The molecule has 35 heavy (non-hydrogen) atoms. The molecule has 0 radical (unpaired) electrons. The van der Waals surface area contributed by atoms with Gasteiger partial charge in [0, 0.05) is 28.2 Å². The van der Waals surface area contributed by atoms with Crippen molar-refractivity contribution in [1.29, 1.82) is 0 Å². The fourth-order valence-corrected chi connectivity index (χ4v) is 4.73. The van der Waals surface area contributed by atoms with Crippen molar-refractivity contribution in [3.63, 3.8) is 0 Å². The number of benzene rings is 2. The van der Waals surface area contributed by atoms with Crippen LogP contribution in [0.4, 0.5) is 23.2 Å². The van der Waals surface area contributed by atoms with Gasteiger partial charge in [-0.25, -0.2) is 9.37 Å². The predicted octanol–water partition coefficient (Wildman–Crippen LogP) is 6.08. The summed E-state index contributed by atoms with van der Waals surface area (Å²) in [4.78, 5) is 16.5. The molecule has 182 valence electrons. The number of pyridine rings is 1. The number of H-pyrrole nitrogens is 1. The first kappa shape index (κ1) is 23.3. The Labute approximate surface area is 202 Å². The molecular weight excluding hydrogens is 486 g/mol. The zero-order valence-electron chi connectivity index (χ0n) is 18.2. The van der Waals surface area contributed by atoms with E-state index >= 15 is 0 Å². The Morgan fingerprint density at radius 1 is 1.09 bits per heavy atom. The normalized spacial score (nSPS) is 18.7. The smallest absolute Gasteiger partial charge is 0.382 e. The van der Waals surface area contributed by atoms with E-state index in [9.17, 15) is 22.4 Å². The number of nitrogens with zero attached hydrogens (tertiary/aromatic N) is 2. The second-order valence-corrected chi connectivity index (χ2v) is 9.09. The van der Waals surface area contributed by atoms with Crippen LogP contribution in [0.5, 0.6) is 0 Å². The highest BCUT2D eigenvalue weighted by molar-refractivity contribution is 6.31. The van der Waals surface area contributed by atoms with Crippen molar-refractivity contribution in [2.75, 3.05) is 5.32 Å². The Balaban J connectivity index is 1.35. The monoisotopic (exact) mass is 505 g/mol. The third-order valence-electron chi connectivity index (χ3n) is 6.23. The highest BCUT2D eigenvalue weighted by Gasteiger charge is 2.34. The Bertz CT molecular complexity index is 1420. The van der Waals surface area contributed by atoms with Crippen LogP contribution in [0, 0.1) is 5.82 Å². The van der Waals surface area contributed by atoms with Gasteiger partial charge in [-0.1, -0.05) is 11.6 Å². The first-order valence-electron chi connectivity index (χ1n) is 11.1. The lowest BCUT2D eigenvalue weighted by Gasteiger charge is -2.31. The number of aromatic amines is 1. The molecule has 5 rings (SSSR count). The Morgan fingerprint density at radius 3 is 2.69 bits per heavy atom. The first-order chi connectivity index (χ1) is 16.7. The summed E-state index contributed by atoms with van der Waals surface area (Å²) in [7, 11) is 0. The highest BCUT2D eigenvalue weighted by atomic mass is 35.5. The van der Waals surface area contributed by atoms with Gasteiger partial charge in [0.15, 0.2) is 0 Å². The van der Waals surface area contributed by atoms with E-state index in [1.54, 1.807) is 12.1 Å². The number of nitrogens with one attached hydrogen (secondary N) is 3. The number of anilines is 1. The fraction of sp³-hybridized carbons (Fsp3) is 0.292. The van der Waals surface area contributed by atoms with Gasteiger partial charge in [0.1, 0.15) is 11.5 Å². The van der Waals surface area contributed by atoms with Crippen LogP contribution in [0.15, 0.2) is 42.6 Å². The molecule has 1 aliphatic rings. The summed E-state index contributed by atoms with van der Waals surface area (Å²) in [5.74, 6) is -1.20. The SMILES string of the molecule is O=C(NC1CCCC(Nc2cc(C(F)(F)F)nc3ccc(Cl)cc23)C1)c1ccc2[nH]ncc2c1F. The lowest BCUT2D eigenvalue weighted by molar-refractivity contribution is -0.140. The Kier molecular flexibility index (Phi) is 6.00. The van der Waals surface area contributed by atoms with Crippen LogP contribution in [0.3, 0.4) is 0 Å². The first-order valence-corrected chi connectivity index (χ1v) is 11.4. The number of aromatic nitrogens is 3. The van der Waals surface area contributed by atoms with E-state index in [2.05, 4.69) is 25.8 Å². The lowest BCUT2D eigenvalue weighted by Crippen LogP contribution is -2.42. The molecule has 2 unspecified atom stereocenters. The predicted molar refractivity (Wildman–Crippen MR) is 125 cm³/mol. The van der Waals surface area contributed by atoms with Gasteiger partial charge in [0.05, 0.1) is 28.2 Å². The Hall–Kier alpha value is -3.40. The van der Waals surface area contributed by atoms with Gasteiger partial charge in [0.25, 0.3) is 5.91 Å². The molecule has 2 atom stereocenters. The van der Waals surface area contributed by atoms with Crippen LogP contribution in [0.2, 0.25) is 5.02 Å². The van der Waals surface area contributed by atoms with E-state index in [4.69, 9.17) is 11.6 Å². The van der Waals surface area contributed by atoms with E-state index in [0.29, 0.717) is 35.2 Å². The number of halogens is 5. The summed E-state index contributed by atoms with van der Waals surface area (Å²) < 4.78 is 55.0. The number of hydrogen-bond acceptors (Lipinski definition) is 4. The number of carbonyl (C=O) groups excluding carboxylic acids is 1. The van der Waals surface area contributed by atoms with Crippen molar-refractivity contribution in [3.8, 4) is 0 Å². The van der Waals surface area contributed by atoms with Crippen molar-refractivity contribution in [3.05, 3.63) is 64.7 Å². The average Bonchev–Trinajstić information content (AvgIpc) is 3.29. The fourth-order valence-electron chi connectivity index (χ4n) is 4.56. The van der Waals surface area contributed by atoms with Crippen molar-refractivity contribution in [2.24, 2.45) is 0 Å². The van der Waals surface area contributed by atoms with Crippen molar-refractivity contribution in [1.82, 2.24) is 20.5 Å². The number of fused-ring (bicyclic) bond motifs is 2. The van der Waals surface area contributed by atoms with Gasteiger partial charge in [-0.15, -0.1) is 0 Å². The Morgan fingerprint density at radius 2 is 1.89 bits per heavy atom. The molecule has 0 bridgehead atoms. The summed E-state index contributed by atoms with van der Waals surface area (Å²) in [6, 6.07) is 8.01. The van der Waals surface area contributed by atoms with Crippen LogP contribution in [0.1, 0.15) is 41.7 Å². The maximum Gasteiger partial charge on any atom is 0.433 e. The molecule has 1 aliphatic carbocycles. The summed E-state index contributed by atoms with van der Waals surface area (Å²) in [6.07, 6.45) is -0.700. The minimum absolute atomic E-state index is 0.0847. The molecule has 3 N–H and O–H groups in total. The van der Waals surface area contributed by atoms with Crippen LogP contribution < -0.4 is 10.6 Å². The van der Waals surface area contributed by atoms with E-state index < -0.39 is 23.6 Å². The molecule has 4 aromatic rings. The van der Waals surface area contributed by atoms with Crippen LogP contribution in [-0.2, 0) is 6.18 Å². The van der Waals surface area contributed by atoms with Gasteiger partial charge in [-0.2, -0.15) is 18.3 Å². The topological polar surface area (TPSA) is 82.7 Å². The zero-order valence-corrected chi connectivity index (χ0v) is 19.0. The molecule has 11 heteroatoms. The summed E-state index contributed by atoms with van der Waals surface area (Å²) in [5, 5.41) is 13.6. The standard InChI is InChI=1S/C24H20ClF4N5O/c25-12-4-6-18-16(8-12)20(10-21(33-18)24(27,28)29)31-13-2-1-3-14(9-13)32-23(35)15-5-7-19-17(22(15)26)11-30-34-19/h4-8,10-11,13-14H,1-3,9H2,(H,30,34)(H,31,33)(H,32,35). The third-order valence-corrected chi connectivity index (χ3v) is 6.47. The molecule has 2 aromatic carbocycles. The third kappa shape index (κ3) is 4.75. The molecular formula is C24H20ClF4N5O. The van der Waals surface area contributed by atoms with Gasteiger partial charge in [-0.05, 0) is 62.1 Å². The van der Waals surface area contributed by atoms with Crippen molar-refractivity contribution in [2.45, 2.75) is 43.9 Å². The van der Waals surface area contributed by atoms with Gasteiger partial charge < -0.3 is 10.6 Å². The zero-order chi connectivity index (χ0) is 24.7. The molecule has 2 heterocycles. The lowest BCUT2D eigenvalue weighted by atomic mass is 9.90. The molecule has 1 fully saturated rings. The number of amides is 1. The number of rotatable bonds is 4. The second kappa shape index (κ2) is 8.99. The quantitative estimate of drug-likeness (QED) is 0.294. The maximum absolute atomic E-state index is 14.7. The van der Waals surface area contributed by atoms with Crippen LogP contribution in [0.25, 0.3) is 21.8 Å². The molecule has 0 spiro atoms. The molecule has 6 nitrogen and oxygen atoms in total. The van der Waals surface area contributed by atoms with Gasteiger partial charge in [-0.3, -0.25) is 9.89 Å². The molecule has 1 saturated carbocycles. The van der Waals surface area contributed by atoms with Crippen LogP contribution >= 0.6 is 11.6 Å². The van der Waals surface area contributed by atoms with E-state index in [1.165, 1.54) is 24.4 Å². The van der Waals surface area contributed by atoms with Crippen molar-refractivity contribution < 1.29 is 22.4 Å². The van der Waals surface area contributed by atoms with E-state index in [-0.39, 0.29) is 34.2 Å². The summed E-state index contributed by atoms with van der Waals surface area (Å²) in [5.41, 5.74) is -0.140. The average molecular weight is 506 g/mol. The number of hydrogen-bond donors (Lipinski definition) is 3. The largest absolute Gasteiger partial charge is 0.433 e. The number of carbonyl (C=O) groups is 1. The van der Waals surface area contributed by atoms with E-state index in [0.717, 1.165) is 12.5 Å². The van der Waals surface area contributed by atoms with Gasteiger partial charge in [0.2, 0.25) is 0 Å². The molecule has 0 saturated heterocycles. The highest BCUT2D eigenvalue weighted by Crippen LogP contribution is 2.35. The minimum Gasteiger partial charge on any atom is -0.382 e. The van der Waals surface area contributed by atoms with Crippen molar-refractivity contribution >= 4 is 45.0 Å². The number of alkyl halides is 3. The second-order valence-electron chi connectivity index (χ2n) is 8.65.